The molecule has 25 heavy (non-hydrogen) atoms. The fraction of sp³-hybridized carbons (Fsp3) is 0.111. The first-order valence-electron chi connectivity index (χ1n) is 7.57. The van der Waals surface area contributed by atoms with Crippen molar-refractivity contribution in [1.29, 1.82) is 0 Å². The van der Waals surface area contributed by atoms with Gasteiger partial charge in [0.15, 0.2) is 5.78 Å². The summed E-state index contributed by atoms with van der Waals surface area (Å²) in [5, 5.41) is 0.470. The zero-order chi connectivity index (χ0) is 17.6. The Labute approximate surface area is 142 Å². The predicted molar refractivity (Wildman–Crippen MR) is 89.4 cm³/mol. The zero-order valence-corrected chi connectivity index (χ0v) is 13.7. The highest BCUT2D eigenvalue weighted by molar-refractivity contribution is 7.87. The van der Waals surface area contributed by atoms with Crippen LogP contribution in [-0.2, 0) is 16.5 Å². The molecular formula is C18H12O6S. The van der Waals surface area contributed by atoms with Gasteiger partial charge in [0.25, 0.3) is 0 Å². The van der Waals surface area contributed by atoms with Crippen molar-refractivity contribution in [2.45, 2.75) is 17.7 Å². The van der Waals surface area contributed by atoms with E-state index in [0.717, 1.165) is 0 Å². The van der Waals surface area contributed by atoms with Crippen molar-refractivity contribution in [3.8, 4) is 5.75 Å². The fourth-order valence-corrected chi connectivity index (χ4v) is 3.90. The molecule has 2 aromatic carbocycles. The van der Waals surface area contributed by atoms with E-state index in [1.807, 2.05) is 0 Å². The number of Topliss-reactive ketones (excluding diaryl/α,β-unsaturated/α-hetero) is 1. The fourth-order valence-electron chi connectivity index (χ4n) is 2.91. The van der Waals surface area contributed by atoms with Crippen molar-refractivity contribution in [2.24, 2.45) is 0 Å². The number of hydrogen-bond donors (Lipinski definition) is 0. The first-order valence-corrected chi connectivity index (χ1v) is 8.98. The Morgan fingerprint density at radius 3 is 2.64 bits per heavy atom. The summed E-state index contributed by atoms with van der Waals surface area (Å²) in [6.07, 6.45) is 0.813. The maximum absolute atomic E-state index is 12.6. The van der Waals surface area contributed by atoms with Crippen LogP contribution in [0.4, 0.5) is 0 Å². The molecule has 1 aliphatic carbocycles. The summed E-state index contributed by atoms with van der Waals surface area (Å²) in [5.41, 5.74) is 0.900. The van der Waals surface area contributed by atoms with Gasteiger partial charge in [-0.2, -0.15) is 8.42 Å². The van der Waals surface area contributed by atoms with E-state index < -0.39 is 15.7 Å². The molecule has 0 atom stereocenters. The number of rotatable bonds is 3. The molecule has 0 aliphatic heterocycles. The molecule has 6 nitrogen and oxygen atoms in total. The Morgan fingerprint density at radius 2 is 1.80 bits per heavy atom. The standard InChI is InChI=1S/C18H12O6S/c19-15-7-6-14-13(15)2-1-3-17(14)24-25(21,22)12-5-8-16-11(10-12)4-9-18(20)23-16/h1-5,8-10H,6-7H2. The molecule has 0 saturated carbocycles. The highest BCUT2D eigenvalue weighted by Gasteiger charge is 2.26. The summed E-state index contributed by atoms with van der Waals surface area (Å²) in [6.45, 7) is 0. The van der Waals surface area contributed by atoms with Crippen LogP contribution in [0, 0.1) is 0 Å². The van der Waals surface area contributed by atoms with Gasteiger partial charge in [0.2, 0.25) is 0 Å². The van der Waals surface area contributed by atoms with Crippen LogP contribution in [0.1, 0.15) is 22.3 Å². The molecule has 0 saturated heterocycles. The highest BCUT2D eigenvalue weighted by atomic mass is 32.2. The van der Waals surface area contributed by atoms with E-state index in [4.69, 9.17) is 8.60 Å². The van der Waals surface area contributed by atoms with Gasteiger partial charge in [-0.3, -0.25) is 4.79 Å². The molecule has 1 heterocycles. The van der Waals surface area contributed by atoms with Crippen molar-refractivity contribution in [1.82, 2.24) is 0 Å². The van der Waals surface area contributed by atoms with Crippen molar-refractivity contribution in [2.75, 3.05) is 0 Å². The van der Waals surface area contributed by atoms with Crippen molar-refractivity contribution < 1.29 is 21.8 Å². The molecule has 1 aliphatic rings. The van der Waals surface area contributed by atoms with Gasteiger partial charge in [0, 0.05) is 29.0 Å². The second-order valence-electron chi connectivity index (χ2n) is 5.70. The average molecular weight is 356 g/mol. The monoisotopic (exact) mass is 356 g/mol. The van der Waals surface area contributed by atoms with Gasteiger partial charge in [0.05, 0.1) is 0 Å². The minimum absolute atomic E-state index is 0.0152. The number of carbonyl (C=O) groups is 1. The summed E-state index contributed by atoms with van der Waals surface area (Å²) >= 11 is 0. The minimum Gasteiger partial charge on any atom is -0.423 e. The lowest BCUT2D eigenvalue weighted by atomic mass is 10.1. The average Bonchev–Trinajstić information content (AvgIpc) is 2.96. The van der Waals surface area contributed by atoms with Gasteiger partial charge in [-0.25, -0.2) is 4.79 Å². The molecule has 0 unspecified atom stereocenters. The Bertz CT molecular complexity index is 1170. The van der Waals surface area contributed by atoms with Crippen LogP contribution in [0.25, 0.3) is 11.0 Å². The van der Waals surface area contributed by atoms with Crippen LogP contribution >= 0.6 is 0 Å². The van der Waals surface area contributed by atoms with Crippen LogP contribution < -0.4 is 9.81 Å². The van der Waals surface area contributed by atoms with Gasteiger partial charge in [-0.05, 0) is 36.8 Å². The third kappa shape index (κ3) is 2.72. The first-order chi connectivity index (χ1) is 11.9. The Kier molecular flexibility index (Phi) is 3.47. The van der Waals surface area contributed by atoms with E-state index in [2.05, 4.69) is 0 Å². The lowest BCUT2D eigenvalue weighted by Gasteiger charge is -2.10. The summed E-state index contributed by atoms with van der Waals surface area (Å²) in [7, 11) is -4.09. The third-order valence-corrected chi connectivity index (χ3v) is 5.34. The lowest BCUT2D eigenvalue weighted by molar-refractivity contribution is 0.0994. The molecule has 3 aromatic rings. The molecule has 0 spiro atoms. The lowest BCUT2D eigenvalue weighted by Crippen LogP contribution is -2.11. The summed E-state index contributed by atoms with van der Waals surface area (Å²) in [4.78, 5) is 22.9. The maximum atomic E-state index is 12.6. The van der Waals surface area contributed by atoms with Crippen molar-refractivity contribution in [3.05, 3.63) is 70.1 Å². The molecule has 4 rings (SSSR count). The first kappa shape index (κ1) is 15.6. The van der Waals surface area contributed by atoms with Crippen LogP contribution in [0.5, 0.6) is 5.75 Å². The van der Waals surface area contributed by atoms with Gasteiger partial charge >= 0.3 is 15.7 Å². The van der Waals surface area contributed by atoms with E-state index in [9.17, 15) is 18.0 Å². The summed E-state index contributed by atoms with van der Waals surface area (Å²) in [5.74, 6) is 0.154. The molecule has 1 aromatic heterocycles. The molecule has 0 amide bonds. The SMILES string of the molecule is O=C1CCc2c(OS(=O)(=O)c3ccc4oc(=O)ccc4c3)cccc21. The number of fused-ring (bicyclic) bond motifs is 2. The van der Waals surface area contributed by atoms with Gasteiger partial charge < -0.3 is 8.60 Å². The molecule has 0 radical (unpaired) electrons. The van der Waals surface area contributed by atoms with E-state index in [0.29, 0.717) is 29.4 Å². The van der Waals surface area contributed by atoms with Crippen LogP contribution in [-0.4, -0.2) is 14.2 Å². The molecule has 0 fully saturated rings. The van der Waals surface area contributed by atoms with Gasteiger partial charge in [-0.1, -0.05) is 12.1 Å². The largest absolute Gasteiger partial charge is 0.423 e. The molecule has 0 bridgehead atoms. The Hall–Kier alpha value is -2.93. The van der Waals surface area contributed by atoms with Crippen LogP contribution in [0.3, 0.4) is 0 Å². The number of ketones is 1. The molecular weight excluding hydrogens is 344 g/mol. The Balaban J connectivity index is 1.75. The normalized spacial score (nSPS) is 13.8. The summed E-state index contributed by atoms with van der Waals surface area (Å²) < 4.78 is 35.5. The smallest absolute Gasteiger partial charge is 0.339 e. The molecule has 0 N–H and O–H groups in total. The van der Waals surface area contributed by atoms with Crippen molar-refractivity contribution >= 4 is 26.9 Å². The van der Waals surface area contributed by atoms with Gasteiger partial charge in [0.1, 0.15) is 16.2 Å². The molecule has 7 heteroatoms. The minimum atomic E-state index is -4.09. The van der Waals surface area contributed by atoms with Crippen molar-refractivity contribution in [3.63, 3.8) is 0 Å². The van der Waals surface area contributed by atoms with Gasteiger partial charge in [-0.15, -0.1) is 0 Å². The van der Waals surface area contributed by atoms with Crippen LogP contribution in [0.2, 0.25) is 0 Å². The zero-order valence-electron chi connectivity index (χ0n) is 12.9. The quantitative estimate of drug-likeness (QED) is 0.529. The van der Waals surface area contributed by atoms with Crippen LogP contribution in [0.15, 0.2) is 62.6 Å². The van der Waals surface area contributed by atoms with E-state index >= 15 is 0 Å². The third-order valence-electron chi connectivity index (χ3n) is 4.11. The molecule has 126 valence electrons. The van der Waals surface area contributed by atoms with E-state index in [1.165, 1.54) is 36.4 Å². The Morgan fingerprint density at radius 1 is 0.960 bits per heavy atom. The topological polar surface area (TPSA) is 90.7 Å². The summed E-state index contributed by atoms with van der Waals surface area (Å²) in [6, 6.07) is 11.6. The van der Waals surface area contributed by atoms with E-state index in [1.54, 1.807) is 12.1 Å². The number of carbonyl (C=O) groups excluding carboxylic acids is 1. The second kappa shape index (κ2) is 5.56. The predicted octanol–water partition coefficient (Wildman–Crippen LogP) is 2.69. The number of benzene rings is 2. The van der Waals surface area contributed by atoms with E-state index in [-0.39, 0.29) is 22.0 Å². The highest BCUT2D eigenvalue weighted by Crippen LogP contribution is 2.32. The maximum Gasteiger partial charge on any atom is 0.339 e. The number of hydrogen-bond acceptors (Lipinski definition) is 6. The second-order valence-corrected chi connectivity index (χ2v) is 7.24.